The molecular formula is C19H14FN3. The molecule has 0 saturated heterocycles. The topological polar surface area (TPSA) is 54.7 Å². The SMILES string of the molecule is Nc1ccc2c(-c3ccncc3)c(-c3ccc(F)cc3)[nH]c2c1. The maximum Gasteiger partial charge on any atom is 0.123 e. The van der Waals surface area contributed by atoms with Crippen LogP contribution >= 0.6 is 0 Å². The van der Waals surface area contributed by atoms with E-state index in [0.717, 1.165) is 33.3 Å². The van der Waals surface area contributed by atoms with E-state index in [9.17, 15) is 4.39 Å². The summed E-state index contributed by atoms with van der Waals surface area (Å²) in [6.45, 7) is 0. The summed E-state index contributed by atoms with van der Waals surface area (Å²) in [6, 6.07) is 16.2. The van der Waals surface area contributed by atoms with Crippen LogP contribution < -0.4 is 5.73 Å². The average Bonchev–Trinajstić information content (AvgIpc) is 2.94. The van der Waals surface area contributed by atoms with Gasteiger partial charge in [0.2, 0.25) is 0 Å². The summed E-state index contributed by atoms with van der Waals surface area (Å²) in [5.41, 5.74) is 11.5. The van der Waals surface area contributed by atoms with Crippen molar-refractivity contribution in [1.29, 1.82) is 0 Å². The van der Waals surface area contributed by atoms with Crippen LogP contribution in [0.15, 0.2) is 67.0 Å². The maximum atomic E-state index is 13.2. The summed E-state index contributed by atoms with van der Waals surface area (Å²) < 4.78 is 13.2. The molecule has 3 N–H and O–H groups in total. The lowest BCUT2D eigenvalue weighted by Gasteiger charge is -2.05. The zero-order chi connectivity index (χ0) is 15.8. The van der Waals surface area contributed by atoms with Gasteiger partial charge >= 0.3 is 0 Å². The van der Waals surface area contributed by atoms with Crippen molar-refractivity contribution >= 4 is 16.6 Å². The normalized spacial score (nSPS) is 11.0. The van der Waals surface area contributed by atoms with Gasteiger partial charge in [-0.15, -0.1) is 0 Å². The van der Waals surface area contributed by atoms with E-state index in [-0.39, 0.29) is 5.82 Å². The standard InChI is InChI=1S/C19H14FN3/c20-14-3-1-13(2-4-14)19-18(12-7-9-22-10-8-12)16-6-5-15(21)11-17(16)23-19/h1-11,23H,21H2. The Morgan fingerprint density at radius 1 is 0.870 bits per heavy atom. The van der Waals surface area contributed by atoms with E-state index >= 15 is 0 Å². The highest BCUT2D eigenvalue weighted by Gasteiger charge is 2.15. The fraction of sp³-hybridized carbons (Fsp3) is 0. The molecule has 0 aliphatic heterocycles. The second kappa shape index (κ2) is 5.25. The average molecular weight is 303 g/mol. The molecule has 0 aliphatic rings. The first-order valence-electron chi connectivity index (χ1n) is 7.30. The Labute approximate surface area is 132 Å². The molecule has 4 aromatic rings. The number of anilines is 1. The molecule has 0 fully saturated rings. The van der Waals surface area contributed by atoms with E-state index < -0.39 is 0 Å². The number of fused-ring (bicyclic) bond motifs is 1. The molecule has 4 rings (SSSR count). The Morgan fingerprint density at radius 3 is 2.35 bits per heavy atom. The fourth-order valence-electron chi connectivity index (χ4n) is 2.87. The summed E-state index contributed by atoms with van der Waals surface area (Å²) >= 11 is 0. The molecule has 112 valence electrons. The molecule has 0 saturated carbocycles. The van der Waals surface area contributed by atoms with Gasteiger partial charge in [-0.05, 0) is 59.7 Å². The van der Waals surface area contributed by atoms with Crippen LogP contribution in [0.25, 0.3) is 33.3 Å². The lowest BCUT2D eigenvalue weighted by atomic mass is 9.99. The van der Waals surface area contributed by atoms with Crippen LogP contribution in [-0.4, -0.2) is 9.97 Å². The van der Waals surface area contributed by atoms with Crippen molar-refractivity contribution in [2.75, 3.05) is 5.73 Å². The highest BCUT2D eigenvalue weighted by Crippen LogP contribution is 2.38. The number of benzene rings is 2. The third-order valence-corrected chi connectivity index (χ3v) is 3.92. The minimum Gasteiger partial charge on any atom is -0.399 e. The fourth-order valence-corrected chi connectivity index (χ4v) is 2.87. The van der Waals surface area contributed by atoms with E-state index in [2.05, 4.69) is 9.97 Å². The van der Waals surface area contributed by atoms with Gasteiger partial charge in [0.1, 0.15) is 5.82 Å². The number of nitrogen functional groups attached to an aromatic ring is 1. The number of nitrogens with one attached hydrogen (secondary N) is 1. The molecule has 2 heterocycles. The highest BCUT2D eigenvalue weighted by molar-refractivity contribution is 6.04. The maximum absolute atomic E-state index is 13.2. The van der Waals surface area contributed by atoms with Gasteiger partial charge < -0.3 is 10.7 Å². The van der Waals surface area contributed by atoms with Crippen LogP contribution in [0.4, 0.5) is 10.1 Å². The first-order chi connectivity index (χ1) is 11.2. The van der Waals surface area contributed by atoms with Crippen molar-refractivity contribution in [1.82, 2.24) is 9.97 Å². The van der Waals surface area contributed by atoms with Gasteiger partial charge in [0, 0.05) is 34.5 Å². The Hall–Kier alpha value is -3.14. The zero-order valence-electron chi connectivity index (χ0n) is 12.3. The predicted octanol–water partition coefficient (Wildman–Crippen LogP) is 4.62. The molecule has 0 aliphatic carbocycles. The van der Waals surface area contributed by atoms with Crippen LogP contribution in [0.1, 0.15) is 0 Å². The molecule has 0 radical (unpaired) electrons. The van der Waals surface area contributed by atoms with Gasteiger partial charge in [0.05, 0.1) is 5.69 Å². The molecule has 3 nitrogen and oxygen atoms in total. The molecule has 0 bridgehead atoms. The molecule has 2 aromatic carbocycles. The number of halogens is 1. The molecule has 0 unspecified atom stereocenters. The van der Waals surface area contributed by atoms with Crippen LogP contribution in [0, 0.1) is 5.82 Å². The monoisotopic (exact) mass is 303 g/mol. The molecule has 23 heavy (non-hydrogen) atoms. The van der Waals surface area contributed by atoms with Gasteiger partial charge in [-0.2, -0.15) is 0 Å². The van der Waals surface area contributed by atoms with E-state index in [1.807, 2.05) is 30.3 Å². The Kier molecular flexibility index (Phi) is 3.08. The summed E-state index contributed by atoms with van der Waals surface area (Å²) in [5, 5.41) is 1.07. The van der Waals surface area contributed by atoms with Crippen molar-refractivity contribution in [2.24, 2.45) is 0 Å². The molecule has 0 atom stereocenters. The van der Waals surface area contributed by atoms with Crippen LogP contribution in [-0.2, 0) is 0 Å². The molecular weight excluding hydrogens is 289 g/mol. The smallest absolute Gasteiger partial charge is 0.123 e. The summed E-state index contributed by atoms with van der Waals surface area (Å²) in [6.07, 6.45) is 3.53. The number of hydrogen-bond acceptors (Lipinski definition) is 2. The van der Waals surface area contributed by atoms with Crippen LogP contribution in [0.3, 0.4) is 0 Å². The van der Waals surface area contributed by atoms with E-state index in [1.165, 1.54) is 12.1 Å². The number of rotatable bonds is 2. The van der Waals surface area contributed by atoms with Crippen molar-refractivity contribution in [3.8, 4) is 22.4 Å². The third-order valence-electron chi connectivity index (χ3n) is 3.92. The van der Waals surface area contributed by atoms with Gasteiger partial charge in [0.15, 0.2) is 0 Å². The van der Waals surface area contributed by atoms with E-state index in [1.54, 1.807) is 24.5 Å². The molecule has 4 heteroatoms. The largest absolute Gasteiger partial charge is 0.399 e. The van der Waals surface area contributed by atoms with Gasteiger partial charge in [0.25, 0.3) is 0 Å². The summed E-state index contributed by atoms with van der Waals surface area (Å²) in [4.78, 5) is 7.50. The van der Waals surface area contributed by atoms with Crippen molar-refractivity contribution < 1.29 is 4.39 Å². The molecule has 2 aromatic heterocycles. The number of nitrogens with zero attached hydrogens (tertiary/aromatic N) is 1. The van der Waals surface area contributed by atoms with Gasteiger partial charge in [-0.3, -0.25) is 4.98 Å². The number of pyridine rings is 1. The second-order valence-electron chi connectivity index (χ2n) is 5.42. The first kappa shape index (κ1) is 13.5. The second-order valence-corrected chi connectivity index (χ2v) is 5.42. The zero-order valence-corrected chi connectivity index (χ0v) is 12.3. The van der Waals surface area contributed by atoms with Gasteiger partial charge in [-0.25, -0.2) is 4.39 Å². The Morgan fingerprint density at radius 2 is 1.61 bits per heavy atom. The van der Waals surface area contributed by atoms with Crippen molar-refractivity contribution in [2.45, 2.75) is 0 Å². The number of aromatic nitrogens is 2. The minimum absolute atomic E-state index is 0.250. The number of nitrogens with two attached hydrogens (primary N) is 1. The lowest BCUT2D eigenvalue weighted by molar-refractivity contribution is 0.628. The van der Waals surface area contributed by atoms with Crippen molar-refractivity contribution in [3.63, 3.8) is 0 Å². The predicted molar refractivity (Wildman–Crippen MR) is 91.3 cm³/mol. The minimum atomic E-state index is -0.250. The number of H-pyrrole nitrogens is 1. The quantitative estimate of drug-likeness (QED) is 0.531. The summed E-state index contributed by atoms with van der Waals surface area (Å²) in [5.74, 6) is -0.250. The van der Waals surface area contributed by atoms with E-state index in [0.29, 0.717) is 5.69 Å². The Balaban J connectivity index is 2.04. The number of aromatic amines is 1. The highest BCUT2D eigenvalue weighted by atomic mass is 19.1. The van der Waals surface area contributed by atoms with Crippen LogP contribution in [0.2, 0.25) is 0 Å². The van der Waals surface area contributed by atoms with Crippen molar-refractivity contribution in [3.05, 3.63) is 72.8 Å². The summed E-state index contributed by atoms with van der Waals surface area (Å²) in [7, 11) is 0. The number of hydrogen-bond donors (Lipinski definition) is 2. The lowest BCUT2D eigenvalue weighted by Crippen LogP contribution is -1.84. The van der Waals surface area contributed by atoms with Gasteiger partial charge in [-0.1, -0.05) is 6.07 Å². The first-order valence-corrected chi connectivity index (χ1v) is 7.30. The Bertz CT molecular complexity index is 973. The van der Waals surface area contributed by atoms with E-state index in [4.69, 9.17) is 5.73 Å². The molecule has 0 spiro atoms. The molecule has 0 amide bonds. The third kappa shape index (κ3) is 2.34. The van der Waals surface area contributed by atoms with Crippen LogP contribution in [0.5, 0.6) is 0 Å².